The molecule has 0 fully saturated rings. The van der Waals surface area contributed by atoms with Crippen molar-refractivity contribution in [3.63, 3.8) is 0 Å². The van der Waals surface area contributed by atoms with Gasteiger partial charge < -0.3 is 0 Å². The van der Waals surface area contributed by atoms with Gasteiger partial charge in [-0.05, 0) is 12.8 Å². The Kier molecular flexibility index (Phi) is 8.80. The average molecular weight is 706 g/mol. The van der Waals surface area contributed by atoms with E-state index >= 15 is 0 Å². The van der Waals surface area contributed by atoms with Crippen LogP contribution in [0.3, 0.4) is 0 Å². The lowest BCUT2D eigenvalue weighted by molar-refractivity contribution is 0.879. The fourth-order valence-electron chi connectivity index (χ4n) is 4.11. The minimum absolute atomic E-state index is 0.145. The molecule has 0 unspecified atom stereocenters. The van der Waals surface area contributed by atoms with Crippen molar-refractivity contribution < 1.29 is 0 Å². The minimum atomic E-state index is 0.145. The average Bonchev–Trinajstić information content (AvgIpc) is 3.53. The molecule has 0 saturated carbocycles. The number of aryl methyl sites for hydroxylation is 2. The van der Waals surface area contributed by atoms with E-state index in [1.54, 1.807) is 0 Å². The minimum Gasteiger partial charge on any atom is -0.143 e. The summed E-state index contributed by atoms with van der Waals surface area (Å²) in [6, 6.07) is 0. The lowest BCUT2D eigenvalue weighted by Crippen LogP contribution is -1.94. The van der Waals surface area contributed by atoms with Crippen molar-refractivity contribution in [2.24, 2.45) is 0 Å². The van der Waals surface area contributed by atoms with E-state index in [9.17, 15) is 0 Å². The predicted octanol–water partition coefficient (Wildman–Crippen LogP) is 12.2. The molecule has 0 saturated heterocycles. The number of aromatic nitrogens is 4. The third-order valence-electron chi connectivity index (χ3n) is 5.81. The Morgan fingerprint density at radius 2 is 0.789 bits per heavy atom. The molecular formula is C24H14Cl8N4S2. The van der Waals surface area contributed by atoms with Crippen LogP contribution in [0.2, 0.25) is 40.2 Å². The van der Waals surface area contributed by atoms with Crippen LogP contribution in [-0.4, -0.2) is 20.4 Å². The third-order valence-corrected chi connectivity index (χ3v) is 11.0. The van der Waals surface area contributed by atoms with Gasteiger partial charge in [0.25, 0.3) is 0 Å². The third kappa shape index (κ3) is 4.67. The van der Waals surface area contributed by atoms with Crippen LogP contribution in [0.4, 0.5) is 0 Å². The summed E-state index contributed by atoms with van der Waals surface area (Å²) >= 11 is 57.7. The molecule has 0 N–H and O–H groups in total. The van der Waals surface area contributed by atoms with Crippen molar-refractivity contribution in [3.05, 3.63) is 50.2 Å². The Bertz CT molecular complexity index is 1620. The van der Waals surface area contributed by atoms with Crippen LogP contribution in [0.5, 0.6) is 0 Å². The molecule has 38 heavy (non-hydrogen) atoms. The maximum atomic E-state index is 6.98. The molecule has 198 valence electrons. The fourth-order valence-corrected chi connectivity index (χ4v) is 9.25. The number of nitrogens with zero attached hydrogens (tertiary/aromatic N) is 4. The molecular weight excluding hydrogens is 692 g/mol. The Hall–Kier alpha value is -0.380. The van der Waals surface area contributed by atoms with Gasteiger partial charge in [0.15, 0.2) is 10.0 Å². The van der Waals surface area contributed by atoms with Gasteiger partial charge in [0, 0.05) is 34.4 Å². The predicted molar refractivity (Wildman–Crippen MR) is 167 cm³/mol. The zero-order valence-electron chi connectivity index (χ0n) is 19.5. The van der Waals surface area contributed by atoms with Crippen molar-refractivity contribution >= 4 is 137 Å². The van der Waals surface area contributed by atoms with Crippen LogP contribution >= 0.6 is 115 Å². The van der Waals surface area contributed by atoms with Gasteiger partial charge in [0.2, 0.25) is 0 Å². The van der Waals surface area contributed by atoms with E-state index < -0.39 is 0 Å². The molecule has 0 aliphatic rings. The van der Waals surface area contributed by atoms with Crippen LogP contribution in [0, 0.1) is 0 Å². The quantitative estimate of drug-likeness (QED) is 0.130. The number of benzene rings is 3. The molecule has 5 aromatic rings. The summed E-state index contributed by atoms with van der Waals surface area (Å²) < 4.78 is 0. The first kappa shape index (κ1) is 29.1. The molecule has 3 aromatic carbocycles. The molecule has 0 aliphatic heterocycles. The van der Waals surface area contributed by atoms with Gasteiger partial charge in [-0.1, -0.05) is 129 Å². The normalized spacial score (nSPS) is 11.8. The smallest absolute Gasteiger partial charge is 0.143 e. The van der Waals surface area contributed by atoms with Crippen molar-refractivity contribution in [3.8, 4) is 21.1 Å². The first-order valence-corrected chi connectivity index (χ1v) is 15.9. The number of fused-ring (bicyclic) bond motifs is 2. The van der Waals surface area contributed by atoms with Gasteiger partial charge in [-0.3, -0.25) is 0 Å². The molecule has 0 radical (unpaired) electrons. The molecule has 0 bridgehead atoms. The molecule has 4 nitrogen and oxygen atoms in total. The number of rotatable bonds is 6. The van der Waals surface area contributed by atoms with Crippen LogP contribution < -0.4 is 0 Å². The first-order chi connectivity index (χ1) is 18.1. The van der Waals surface area contributed by atoms with Crippen molar-refractivity contribution in [1.82, 2.24) is 20.4 Å². The lowest BCUT2D eigenvalue weighted by Gasteiger charge is -2.19. The summed E-state index contributed by atoms with van der Waals surface area (Å²) in [5.41, 5.74) is 0.815. The second kappa shape index (κ2) is 11.5. The molecule has 5 rings (SSSR count). The van der Waals surface area contributed by atoms with E-state index in [0.717, 1.165) is 35.7 Å². The topological polar surface area (TPSA) is 51.6 Å². The highest BCUT2D eigenvalue weighted by Crippen LogP contribution is 2.57. The second-order valence-electron chi connectivity index (χ2n) is 8.26. The molecule has 0 aliphatic carbocycles. The molecule has 0 amide bonds. The van der Waals surface area contributed by atoms with E-state index in [-0.39, 0.29) is 40.2 Å². The van der Waals surface area contributed by atoms with Gasteiger partial charge in [-0.25, -0.2) is 0 Å². The summed E-state index contributed by atoms with van der Waals surface area (Å²) in [6.07, 6.45) is 3.38. The molecule has 0 atom stereocenters. The maximum Gasteiger partial charge on any atom is 0.150 e. The molecule has 14 heteroatoms. The van der Waals surface area contributed by atoms with Crippen molar-refractivity contribution in [1.29, 1.82) is 0 Å². The second-order valence-corrected chi connectivity index (χ2v) is 13.4. The fraction of sp³-hybridized carbons (Fsp3) is 0.250. The van der Waals surface area contributed by atoms with Gasteiger partial charge in [0.1, 0.15) is 10.0 Å². The van der Waals surface area contributed by atoms with E-state index in [1.807, 2.05) is 0 Å². The van der Waals surface area contributed by atoms with E-state index in [1.165, 1.54) is 22.7 Å². The Labute approximate surface area is 266 Å². The number of halogens is 8. The van der Waals surface area contributed by atoms with Crippen LogP contribution in [0.1, 0.15) is 36.7 Å². The summed E-state index contributed by atoms with van der Waals surface area (Å²) in [4.78, 5) is 0. The van der Waals surface area contributed by atoms with Crippen LogP contribution in [-0.2, 0) is 12.8 Å². The number of hydrogen-bond acceptors (Lipinski definition) is 6. The van der Waals surface area contributed by atoms with Crippen LogP contribution in [0.25, 0.3) is 42.7 Å². The number of hydrogen-bond donors (Lipinski definition) is 0. The zero-order valence-corrected chi connectivity index (χ0v) is 27.1. The van der Waals surface area contributed by atoms with Gasteiger partial charge in [-0.15, -0.1) is 20.4 Å². The van der Waals surface area contributed by atoms with Crippen molar-refractivity contribution in [2.45, 2.75) is 39.5 Å². The molecule has 0 spiro atoms. The SMILES string of the molecule is CCCc1nnc(-c2c(Cl)c(Cl)c3c(Cl)c4c(Cl)c(-c5nnc(CCC)s5)c(Cl)c(Cl)c4c(Cl)c3c2Cl)s1. The molecule has 2 heterocycles. The van der Waals surface area contributed by atoms with E-state index in [4.69, 9.17) is 92.8 Å². The first-order valence-electron chi connectivity index (χ1n) is 11.2. The summed E-state index contributed by atoms with van der Waals surface area (Å²) in [5.74, 6) is 0. The molecule has 2 aromatic heterocycles. The van der Waals surface area contributed by atoms with Gasteiger partial charge in [0.05, 0.1) is 51.3 Å². The summed E-state index contributed by atoms with van der Waals surface area (Å²) in [5, 5.41) is 22.5. The monoisotopic (exact) mass is 702 g/mol. The Morgan fingerprint density at radius 3 is 1.13 bits per heavy atom. The summed E-state index contributed by atoms with van der Waals surface area (Å²) in [7, 11) is 0. The van der Waals surface area contributed by atoms with E-state index in [0.29, 0.717) is 42.7 Å². The lowest BCUT2D eigenvalue weighted by atomic mass is 9.99. The highest BCUT2D eigenvalue weighted by Gasteiger charge is 2.30. The van der Waals surface area contributed by atoms with Crippen molar-refractivity contribution in [2.75, 3.05) is 0 Å². The van der Waals surface area contributed by atoms with Gasteiger partial charge >= 0.3 is 0 Å². The largest absolute Gasteiger partial charge is 0.150 e. The zero-order chi connectivity index (χ0) is 27.5. The Balaban J connectivity index is 1.88. The Morgan fingerprint density at radius 1 is 0.447 bits per heavy atom. The maximum absolute atomic E-state index is 6.98. The standard InChI is InChI=1S/C24H14Cl8N4S2/c1-3-5-7-33-35-23(37-7)13-17(27)9-11(19(29)21(13)31)16(26)10-12(15(9)25)20(30)22(32)14(18(10)28)24-36-34-8(38-24)6-4-2/h3-6H2,1-2H3. The summed E-state index contributed by atoms with van der Waals surface area (Å²) in [6.45, 7) is 4.11. The van der Waals surface area contributed by atoms with E-state index in [2.05, 4.69) is 34.2 Å². The van der Waals surface area contributed by atoms with Gasteiger partial charge in [-0.2, -0.15) is 0 Å². The highest BCUT2D eigenvalue weighted by atomic mass is 35.5. The highest BCUT2D eigenvalue weighted by molar-refractivity contribution is 7.15. The van der Waals surface area contributed by atoms with Crippen LogP contribution in [0.15, 0.2) is 0 Å².